The molecule has 1 N–H and O–H groups in total. The molecular formula is C13H24N2O3S. The smallest absolute Gasteiger partial charge is 0.241 e. The Bertz CT molecular complexity index is 433. The Morgan fingerprint density at radius 1 is 1.26 bits per heavy atom. The zero-order valence-electron chi connectivity index (χ0n) is 11.8. The molecule has 0 aromatic rings. The number of sulfone groups is 1. The third-order valence-electron chi connectivity index (χ3n) is 4.58. The van der Waals surface area contributed by atoms with Gasteiger partial charge in [-0.05, 0) is 19.8 Å². The molecule has 1 amide bonds. The predicted molar refractivity (Wildman–Crippen MR) is 74.7 cm³/mol. The molecule has 5 nitrogen and oxygen atoms in total. The van der Waals surface area contributed by atoms with E-state index >= 15 is 0 Å². The first-order valence-electron chi connectivity index (χ1n) is 7.08. The van der Waals surface area contributed by atoms with E-state index in [2.05, 4.69) is 5.32 Å². The van der Waals surface area contributed by atoms with E-state index in [9.17, 15) is 13.2 Å². The van der Waals surface area contributed by atoms with E-state index < -0.39 is 15.1 Å². The number of rotatable bonds is 2. The van der Waals surface area contributed by atoms with Gasteiger partial charge in [0.25, 0.3) is 0 Å². The molecule has 0 aromatic heterocycles. The molecule has 0 bridgehead atoms. The molecular weight excluding hydrogens is 264 g/mol. The number of nitrogens with one attached hydrogen (secondary N) is 1. The summed E-state index contributed by atoms with van der Waals surface area (Å²) in [4.78, 5) is 14.4. The molecule has 1 aliphatic carbocycles. The van der Waals surface area contributed by atoms with Crippen molar-refractivity contribution in [2.45, 2.75) is 49.8 Å². The fraction of sp³-hybridized carbons (Fsp3) is 0.923. The lowest BCUT2D eigenvalue weighted by atomic mass is 9.79. The minimum Gasteiger partial charge on any atom is -0.333 e. The maximum atomic E-state index is 12.5. The van der Waals surface area contributed by atoms with Crippen LogP contribution in [-0.4, -0.2) is 55.9 Å². The van der Waals surface area contributed by atoms with Gasteiger partial charge in [-0.1, -0.05) is 19.3 Å². The third-order valence-corrected chi connectivity index (χ3v) is 6.07. The second-order valence-electron chi connectivity index (χ2n) is 5.92. The van der Waals surface area contributed by atoms with Crippen LogP contribution >= 0.6 is 0 Å². The van der Waals surface area contributed by atoms with Crippen molar-refractivity contribution in [2.24, 2.45) is 0 Å². The number of carbonyl (C=O) groups excluding carboxylic acids is 1. The van der Waals surface area contributed by atoms with Gasteiger partial charge in [-0.3, -0.25) is 4.79 Å². The van der Waals surface area contributed by atoms with E-state index in [0.29, 0.717) is 6.54 Å². The molecule has 2 aliphatic rings. The zero-order valence-corrected chi connectivity index (χ0v) is 12.6. The average molecular weight is 288 g/mol. The lowest BCUT2D eigenvalue weighted by molar-refractivity contribution is -0.140. The highest BCUT2D eigenvalue weighted by atomic mass is 32.2. The molecule has 1 heterocycles. The van der Waals surface area contributed by atoms with Crippen LogP contribution in [0, 0.1) is 0 Å². The number of hydrogen-bond acceptors (Lipinski definition) is 4. The normalized spacial score (nSPS) is 25.3. The maximum absolute atomic E-state index is 12.5. The largest absolute Gasteiger partial charge is 0.333 e. The number of nitrogens with zero attached hydrogens (tertiary/aromatic N) is 1. The fourth-order valence-corrected chi connectivity index (χ4v) is 3.74. The van der Waals surface area contributed by atoms with Crippen LogP contribution < -0.4 is 5.32 Å². The van der Waals surface area contributed by atoms with E-state index in [1.54, 1.807) is 0 Å². The van der Waals surface area contributed by atoms with Gasteiger partial charge >= 0.3 is 0 Å². The zero-order chi connectivity index (χ0) is 14.1. The molecule has 1 unspecified atom stereocenters. The SMILES string of the molecule is CC(C(=O)N1CCNCC12CCCCC2)S(C)(=O)=O. The summed E-state index contributed by atoms with van der Waals surface area (Å²) in [6.07, 6.45) is 6.58. The Hall–Kier alpha value is -0.620. The van der Waals surface area contributed by atoms with Gasteiger partial charge in [0.1, 0.15) is 5.25 Å². The van der Waals surface area contributed by atoms with Crippen LogP contribution in [0.2, 0.25) is 0 Å². The summed E-state index contributed by atoms with van der Waals surface area (Å²) in [7, 11) is -3.32. The standard InChI is InChI=1S/C13H24N2O3S/c1-11(19(2,17)18)12(16)15-9-8-14-10-13(15)6-4-3-5-7-13/h11,14H,3-10H2,1-2H3. The second-order valence-corrected chi connectivity index (χ2v) is 8.29. The molecule has 2 fully saturated rings. The van der Waals surface area contributed by atoms with Crippen molar-refractivity contribution >= 4 is 15.7 Å². The van der Waals surface area contributed by atoms with Gasteiger partial charge in [-0.15, -0.1) is 0 Å². The van der Waals surface area contributed by atoms with Gasteiger partial charge in [0.15, 0.2) is 9.84 Å². The van der Waals surface area contributed by atoms with E-state index in [-0.39, 0.29) is 11.4 Å². The van der Waals surface area contributed by atoms with Gasteiger partial charge in [0, 0.05) is 25.9 Å². The van der Waals surface area contributed by atoms with Gasteiger partial charge < -0.3 is 10.2 Å². The van der Waals surface area contributed by atoms with Crippen LogP contribution in [0.5, 0.6) is 0 Å². The van der Waals surface area contributed by atoms with Crippen molar-refractivity contribution in [1.29, 1.82) is 0 Å². The van der Waals surface area contributed by atoms with Crippen LogP contribution in [0.4, 0.5) is 0 Å². The summed E-state index contributed by atoms with van der Waals surface area (Å²) in [5.41, 5.74) is -0.146. The predicted octanol–water partition coefficient (Wildman–Crippen LogP) is 0.554. The van der Waals surface area contributed by atoms with E-state index in [0.717, 1.165) is 45.0 Å². The van der Waals surface area contributed by atoms with E-state index in [4.69, 9.17) is 0 Å². The average Bonchev–Trinajstić information content (AvgIpc) is 2.37. The van der Waals surface area contributed by atoms with Crippen molar-refractivity contribution in [3.05, 3.63) is 0 Å². The minimum absolute atomic E-state index is 0.146. The molecule has 110 valence electrons. The molecule has 1 saturated heterocycles. The molecule has 6 heteroatoms. The lowest BCUT2D eigenvalue weighted by Gasteiger charge is -2.50. The monoisotopic (exact) mass is 288 g/mol. The summed E-state index contributed by atoms with van der Waals surface area (Å²) in [5, 5.41) is 2.44. The van der Waals surface area contributed by atoms with Crippen LogP contribution in [-0.2, 0) is 14.6 Å². The summed E-state index contributed by atoms with van der Waals surface area (Å²) in [6.45, 7) is 3.69. The number of amides is 1. The van der Waals surface area contributed by atoms with Gasteiger partial charge in [0.2, 0.25) is 5.91 Å². The molecule has 1 spiro atoms. The van der Waals surface area contributed by atoms with Gasteiger partial charge in [-0.2, -0.15) is 0 Å². The third kappa shape index (κ3) is 2.94. The van der Waals surface area contributed by atoms with Crippen molar-refractivity contribution in [2.75, 3.05) is 25.9 Å². The molecule has 0 aromatic carbocycles. The van der Waals surface area contributed by atoms with Crippen molar-refractivity contribution in [1.82, 2.24) is 10.2 Å². The highest BCUT2D eigenvalue weighted by molar-refractivity contribution is 7.92. The van der Waals surface area contributed by atoms with Crippen LogP contribution in [0.3, 0.4) is 0 Å². The van der Waals surface area contributed by atoms with Crippen molar-refractivity contribution < 1.29 is 13.2 Å². The number of hydrogen-bond donors (Lipinski definition) is 1. The van der Waals surface area contributed by atoms with Gasteiger partial charge in [-0.25, -0.2) is 8.42 Å². The first kappa shape index (κ1) is 14.8. The Balaban J connectivity index is 2.22. The quantitative estimate of drug-likeness (QED) is 0.806. The first-order valence-corrected chi connectivity index (χ1v) is 9.03. The Morgan fingerprint density at radius 2 is 1.89 bits per heavy atom. The Labute approximate surface area is 115 Å². The van der Waals surface area contributed by atoms with E-state index in [1.807, 2.05) is 4.90 Å². The summed E-state index contributed by atoms with van der Waals surface area (Å²) >= 11 is 0. The minimum atomic E-state index is -3.32. The van der Waals surface area contributed by atoms with E-state index in [1.165, 1.54) is 13.3 Å². The van der Waals surface area contributed by atoms with Crippen LogP contribution in [0.25, 0.3) is 0 Å². The molecule has 2 rings (SSSR count). The van der Waals surface area contributed by atoms with Crippen molar-refractivity contribution in [3.63, 3.8) is 0 Å². The first-order chi connectivity index (χ1) is 8.87. The second kappa shape index (κ2) is 5.40. The van der Waals surface area contributed by atoms with Crippen molar-refractivity contribution in [3.8, 4) is 0 Å². The molecule has 19 heavy (non-hydrogen) atoms. The fourth-order valence-electron chi connectivity index (χ4n) is 3.25. The Kier molecular flexibility index (Phi) is 4.20. The summed E-state index contributed by atoms with van der Waals surface area (Å²) in [5.74, 6) is -0.217. The molecule has 1 aliphatic heterocycles. The van der Waals surface area contributed by atoms with Gasteiger partial charge in [0.05, 0.1) is 5.54 Å². The number of piperazine rings is 1. The Morgan fingerprint density at radius 3 is 2.47 bits per heavy atom. The van der Waals surface area contributed by atoms with Crippen LogP contribution in [0.1, 0.15) is 39.0 Å². The summed E-state index contributed by atoms with van der Waals surface area (Å²) in [6, 6.07) is 0. The molecule has 0 radical (unpaired) electrons. The maximum Gasteiger partial charge on any atom is 0.241 e. The highest BCUT2D eigenvalue weighted by Crippen LogP contribution is 2.35. The summed E-state index contributed by atoms with van der Waals surface area (Å²) < 4.78 is 23.2. The lowest BCUT2D eigenvalue weighted by Crippen LogP contribution is -2.65. The molecule has 1 atom stereocenters. The number of carbonyl (C=O) groups is 1. The highest BCUT2D eigenvalue weighted by Gasteiger charge is 2.44. The van der Waals surface area contributed by atoms with Crippen LogP contribution in [0.15, 0.2) is 0 Å². The molecule has 1 saturated carbocycles. The topological polar surface area (TPSA) is 66.5 Å².